The number of hydrogen-bond donors (Lipinski definition) is 1. The van der Waals surface area contributed by atoms with Crippen molar-refractivity contribution in [3.8, 4) is 0 Å². The molecule has 0 bridgehead atoms. The van der Waals surface area contributed by atoms with Crippen LogP contribution in [0.3, 0.4) is 0 Å². The first-order chi connectivity index (χ1) is 10.7. The smallest absolute Gasteiger partial charge is 0.128 e. The Morgan fingerprint density at radius 2 is 2.27 bits per heavy atom. The lowest BCUT2D eigenvalue weighted by molar-refractivity contribution is 0.131. The normalized spacial score (nSPS) is 26.9. The second-order valence-corrected chi connectivity index (χ2v) is 7.37. The van der Waals surface area contributed by atoms with Crippen molar-refractivity contribution in [2.75, 3.05) is 26.7 Å². The topological polar surface area (TPSA) is 24.5 Å². The van der Waals surface area contributed by atoms with Crippen LogP contribution in [-0.2, 0) is 24.3 Å². The Morgan fingerprint density at radius 3 is 2.95 bits per heavy atom. The first-order valence-electron chi connectivity index (χ1n) is 8.43. The molecular weight excluding hydrogens is 279 g/mol. The van der Waals surface area contributed by atoms with Crippen LogP contribution in [0.15, 0.2) is 12.1 Å². The molecule has 1 spiro atoms. The summed E-state index contributed by atoms with van der Waals surface area (Å²) in [7, 11) is 1.66. The lowest BCUT2D eigenvalue weighted by Gasteiger charge is -2.41. The van der Waals surface area contributed by atoms with Crippen molar-refractivity contribution in [3.05, 3.63) is 34.6 Å². The van der Waals surface area contributed by atoms with Gasteiger partial charge in [-0.15, -0.1) is 0 Å². The molecule has 1 N–H and O–H groups in total. The van der Waals surface area contributed by atoms with Crippen LogP contribution in [-0.4, -0.2) is 37.7 Å². The third-order valence-corrected chi connectivity index (χ3v) is 5.88. The summed E-state index contributed by atoms with van der Waals surface area (Å²) in [6, 6.07) is 4.43. The summed E-state index contributed by atoms with van der Waals surface area (Å²) >= 11 is 0. The average Bonchev–Trinajstić information content (AvgIpc) is 2.93. The Kier molecular flexibility index (Phi) is 3.71. The molecule has 120 valence electrons. The largest absolute Gasteiger partial charge is 0.380 e. The van der Waals surface area contributed by atoms with E-state index in [4.69, 9.17) is 4.74 Å². The summed E-state index contributed by atoms with van der Waals surface area (Å²) < 4.78 is 19.6. The lowest BCUT2D eigenvalue weighted by atomic mass is 9.80. The summed E-state index contributed by atoms with van der Waals surface area (Å²) in [5.41, 5.74) is 3.61. The molecule has 1 aromatic rings. The minimum absolute atomic E-state index is 0.0488. The average molecular weight is 304 g/mol. The molecule has 3 aliphatic rings. The molecule has 1 unspecified atom stereocenters. The zero-order valence-electron chi connectivity index (χ0n) is 13.3. The number of hydrogen-bond acceptors (Lipinski definition) is 3. The molecule has 2 fully saturated rings. The highest BCUT2D eigenvalue weighted by Gasteiger charge is 2.45. The number of methoxy groups -OCH3 is 1. The highest BCUT2D eigenvalue weighted by Crippen LogP contribution is 2.44. The van der Waals surface area contributed by atoms with Crippen molar-refractivity contribution in [2.45, 2.75) is 44.9 Å². The summed E-state index contributed by atoms with van der Waals surface area (Å²) in [5, 5.41) is 3.42. The summed E-state index contributed by atoms with van der Waals surface area (Å²) in [5.74, 6) is -0.0488. The van der Waals surface area contributed by atoms with Crippen LogP contribution < -0.4 is 5.32 Å². The SMILES string of the molecule is COCc1cc(F)c2c(c1)CCN(C1CCC3(CNC3)C1)C2. The highest BCUT2D eigenvalue weighted by molar-refractivity contribution is 5.35. The first kappa shape index (κ1) is 14.6. The molecule has 1 aromatic carbocycles. The second-order valence-electron chi connectivity index (χ2n) is 7.37. The van der Waals surface area contributed by atoms with E-state index in [1.807, 2.05) is 0 Å². The van der Waals surface area contributed by atoms with Crippen LogP contribution in [0.4, 0.5) is 4.39 Å². The Hall–Kier alpha value is -0.970. The predicted octanol–water partition coefficient (Wildman–Crippen LogP) is 2.47. The van der Waals surface area contributed by atoms with Crippen LogP contribution in [0, 0.1) is 11.2 Å². The monoisotopic (exact) mass is 304 g/mol. The predicted molar refractivity (Wildman–Crippen MR) is 84.2 cm³/mol. The van der Waals surface area contributed by atoms with Gasteiger partial charge in [-0.05, 0) is 48.3 Å². The fraction of sp³-hybridized carbons (Fsp3) is 0.667. The van der Waals surface area contributed by atoms with E-state index in [0.717, 1.165) is 30.6 Å². The van der Waals surface area contributed by atoms with Crippen LogP contribution in [0.5, 0.6) is 0 Å². The van der Waals surface area contributed by atoms with Gasteiger partial charge in [-0.25, -0.2) is 4.39 Å². The van der Waals surface area contributed by atoms with Crippen molar-refractivity contribution >= 4 is 0 Å². The Balaban J connectivity index is 1.49. The third kappa shape index (κ3) is 2.47. The van der Waals surface area contributed by atoms with Crippen molar-refractivity contribution in [2.24, 2.45) is 5.41 Å². The van der Waals surface area contributed by atoms with Gasteiger partial charge in [0.05, 0.1) is 6.61 Å². The van der Waals surface area contributed by atoms with Crippen LogP contribution in [0.1, 0.15) is 36.0 Å². The van der Waals surface area contributed by atoms with E-state index < -0.39 is 0 Å². The van der Waals surface area contributed by atoms with Crippen molar-refractivity contribution < 1.29 is 9.13 Å². The summed E-state index contributed by atoms with van der Waals surface area (Å²) in [6.45, 7) is 4.71. The van der Waals surface area contributed by atoms with Gasteiger partial charge in [0.15, 0.2) is 0 Å². The molecule has 0 aromatic heterocycles. The molecule has 1 saturated heterocycles. The van der Waals surface area contributed by atoms with E-state index in [9.17, 15) is 4.39 Å². The zero-order valence-corrected chi connectivity index (χ0v) is 13.3. The van der Waals surface area contributed by atoms with Crippen LogP contribution in [0.2, 0.25) is 0 Å². The fourth-order valence-corrected chi connectivity index (χ4v) is 4.55. The Labute approximate surface area is 131 Å². The Morgan fingerprint density at radius 1 is 1.41 bits per heavy atom. The molecule has 22 heavy (non-hydrogen) atoms. The van der Waals surface area contributed by atoms with Crippen LogP contribution >= 0.6 is 0 Å². The van der Waals surface area contributed by atoms with E-state index in [1.54, 1.807) is 13.2 Å². The zero-order chi connectivity index (χ0) is 15.2. The molecule has 2 aliphatic heterocycles. The van der Waals surface area contributed by atoms with E-state index in [0.29, 0.717) is 18.1 Å². The van der Waals surface area contributed by atoms with Gasteiger partial charge < -0.3 is 10.1 Å². The molecule has 4 heteroatoms. The molecule has 2 heterocycles. The summed E-state index contributed by atoms with van der Waals surface area (Å²) in [4.78, 5) is 2.52. The number of benzene rings is 1. The minimum Gasteiger partial charge on any atom is -0.380 e. The maximum Gasteiger partial charge on any atom is 0.128 e. The number of nitrogens with zero attached hydrogens (tertiary/aromatic N) is 1. The minimum atomic E-state index is -0.0488. The summed E-state index contributed by atoms with van der Waals surface area (Å²) in [6.07, 6.45) is 4.87. The molecule has 3 nitrogen and oxygen atoms in total. The van der Waals surface area contributed by atoms with Crippen molar-refractivity contribution in [3.63, 3.8) is 0 Å². The van der Waals surface area contributed by atoms with Crippen LogP contribution in [0.25, 0.3) is 0 Å². The first-order valence-corrected chi connectivity index (χ1v) is 8.43. The van der Waals surface area contributed by atoms with Gasteiger partial charge >= 0.3 is 0 Å². The van der Waals surface area contributed by atoms with Gasteiger partial charge in [-0.3, -0.25) is 4.90 Å². The number of halogens is 1. The van der Waals surface area contributed by atoms with Gasteiger partial charge in [0.25, 0.3) is 0 Å². The van der Waals surface area contributed by atoms with Gasteiger partial charge in [-0.1, -0.05) is 6.07 Å². The molecule has 1 aliphatic carbocycles. The molecule has 4 rings (SSSR count). The van der Waals surface area contributed by atoms with E-state index in [-0.39, 0.29) is 5.82 Å². The number of rotatable bonds is 3. The molecular formula is C18H25FN2O. The third-order valence-electron chi connectivity index (χ3n) is 5.88. The Bertz CT molecular complexity index is 570. The van der Waals surface area contributed by atoms with Gasteiger partial charge in [0, 0.05) is 44.9 Å². The van der Waals surface area contributed by atoms with Crippen molar-refractivity contribution in [1.82, 2.24) is 10.2 Å². The maximum absolute atomic E-state index is 14.5. The highest BCUT2D eigenvalue weighted by atomic mass is 19.1. The molecule has 0 radical (unpaired) electrons. The lowest BCUT2D eigenvalue weighted by Crippen LogP contribution is -2.52. The number of nitrogens with one attached hydrogen (secondary N) is 1. The van der Waals surface area contributed by atoms with E-state index in [1.165, 1.54) is 37.9 Å². The fourth-order valence-electron chi connectivity index (χ4n) is 4.55. The molecule has 1 saturated carbocycles. The molecule has 1 atom stereocenters. The quantitative estimate of drug-likeness (QED) is 0.928. The van der Waals surface area contributed by atoms with Gasteiger partial charge in [0.1, 0.15) is 5.82 Å². The van der Waals surface area contributed by atoms with E-state index in [2.05, 4.69) is 16.3 Å². The standard InChI is InChI=1S/C18H25FN2O/c1-22-10-13-6-14-3-5-21(9-16(14)17(19)7-13)15-2-4-18(8-15)11-20-12-18/h6-7,15,20H,2-5,8-12H2,1H3. The van der Waals surface area contributed by atoms with E-state index >= 15 is 0 Å². The van der Waals surface area contributed by atoms with Crippen molar-refractivity contribution in [1.29, 1.82) is 0 Å². The second kappa shape index (κ2) is 5.59. The van der Waals surface area contributed by atoms with Gasteiger partial charge in [0.2, 0.25) is 0 Å². The number of ether oxygens (including phenoxy) is 1. The molecule has 0 amide bonds. The van der Waals surface area contributed by atoms with Gasteiger partial charge in [-0.2, -0.15) is 0 Å². The maximum atomic E-state index is 14.5. The number of fused-ring (bicyclic) bond motifs is 1.